The van der Waals surface area contributed by atoms with Crippen LogP contribution in [0.2, 0.25) is 12.1 Å². The van der Waals surface area contributed by atoms with E-state index >= 15 is 0 Å². The van der Waals surface area contributed by atoms with E-state index < -0.39 is 0 Å². The monoisotopic (exact) mass is 170 g/mol. The van der Waals surface area contributed by atoms with Crippen molar-refractivity contribution in [3.8, 4) is 0 Å². The number of halogens is 2. The molecule has 0 saturated carbocycles. The maximum absolute atomic E-state index is 5.50. The maximum atomic E-state index is 5.50. The molecule has 0 aromatic heterocycles. The highest BCUT2D eigenvalue weighted by Crippen LogP contribution is 2.09. The number of alkyl halides is 2. The van der Waals surface area contributed by atoms with Gasteiger partial charge in [-0.1, -0.05) is 19.0 Å². The van der Waals surface area contributed by atoms with Crippen molar-refractivity contribution in [1.29, 1.82) is 0 Å². The van der Waals surface area contributed by atoms with Gasteiger partial charge in [-0.15, -0.1) is 23.2 Å². The maximum Gasteiger partial charge on any atom is 0.107 e. The molecule has 0 bridgehead atoms. The van der Waals surface area contributed by atoms with Gasteiger partial charge in [0.2, 0.25) is 0 Å². The third kappa shape index (κ3) is 6.80. The molecule has 0 aromatic rings. The van der Waals surface area contributed by atoms with Gasteiger partial charge in [0.25, 0.3) is 0 Å². The van der Waals surface area contributed by atoms with Crippen LogP contribution in [0.1, 0.15) is 13.3 Å². The lowest BCUT2D eigenvalue weighted by molar-refractivity contribution is 1.02. The Bertz CT molecular complexity index is 47.7. The molecule has 0 aromatic carbocycles. The van der Waals surface area contributed by atoms with E-state index in [1.165, 1.54) is 12.1 Å². The minimum atomic E-state index is -0.117. The van der Waals surface area contributed by atoms with Crippen LogP contribution >= 0.6 is 23.2 Å². The van der Waals surface area contributed by atoms with Crippen LogP contribution in [0.3, 0.4) is 0 Å². The number of hydrogen-bond acceptors (Lipinski definition) is 0. The van der Waals surface area contributed by atoms with E-state index in [1.54, 1.807) is 0 Å². The Labute approximate surface area is 63.4 Å². The van der Waals surface area contributed by atoms with Crippen molar-refractivity contribution in [3.63, 3.8) is 0 Å². The molecule has 0 saturated heterocycles. The molecule has 0 unspecified atom stereocenters. The molecule has 0 heterocycles. The van der Waals surface area contributed by atoms with Gasteiger partial charge < -0.3 is 0 Å². The van der Waals surface area contributed by atoms with Gasteiger partial charge in [0, 0.05) is 9.52 Å². The first-order valence-corrected chi connectivity index (χ1v) is 5.92. The lowest BCUT2D eigenvalue weighted by Crippen LogP contribution is -1.91. The van der Waals surface area contributed by atoms with E-state index in [0.29, 0.717) is 0 Å². The summed E-state index contributed by atoms with van der Waals surface area (Å²) in [5.74, 6) is 0. The van der Waals surface area contributed by atoms with Gasteiger partial charge in [0.15, 0.2) is 0 Å². The minimum Gasteiger partial charge on any atom is -0.105 e. The third-order valence-corrected chi connectivity index (χ3v) is 3.08. The molecule has 0 aliphatic carbocycles. The largest absolute Gasteiger partial charge is 0.107 e. The van der Waals surface area contributed by atoms with E-state index in [9.17, 15) is 0 Å². The molecule has 3 heteroatoms. The molecule has 0 radical (unpaired) electrons. The smallest absolute Gasteiger partial charge is 0.105 e. The first kappa shape index (κ1) is 8.80. The van der Waals surface area contributed by atoms with Crippen LogP contribution in [-0.2, 0) is 0 Å². The lowest BCUT2D eigenvalue weighted by Gasteiger charge is -1.96. The zero-order valence-electron chi connectivity index (χ0n) is 5.16. The molecule has 0 N–H and O–H groups in total. The van der Waals surface area contributed by atoms with Crippen LogP contribution in [-0.4, -0.2) is 14.4 Å². The van der Waals surface area contributed by atoms with Gasteiger partial charge in [-0.3, -0.25) is 0 Å². The molecule has 0 aliphatic rings. The normalized spacial score (nSPS) is 12.0. The van der Waals surface area contributed by atoms with Crippen molar-refractivity contribution in [2.24, 2.45) is 0 Å². The second-order valence-corrected chi connectivity index (χ2v) is 5.58. The van der Waals surface area contributed by atoms with Crippen LogP contribution < -0.4 is 0 Å². The fourth-order valence-corrected chi connectivity index (χ4v) is 2.57. The predicted molar refractivity (Wildman–Crippen MR) is 43.9 cm³/mol. The summed E-state index contributed by atoms with van der Waals surface area (Å²) < 4.78 is 0. The van der Waals surface area contributed by atoms with Gasteiger partial charge in [-0.25, -0.2) is 0 Å². The van der Waals surface area contributed by atoms with E-state index in [0.717, 1.165) is 6.42 Å². The highest BCUT2D eigenvalue weighted by molar-refractivity contribution is 6.44. The Morgan fingerprint density at radius 3 is 2.50 bits per heavy atom. The molecule has 50 valence electrons. The molecule has 0 atom stereocenters. The molecule has 0 aliphatic heterocycles. The van der Waals surface area contributed by atoms with Crippen LogP contribution in [0.4, 0.5) is 0 Å². The average Bonchev–Trinajstić information content (AvgIpc) is 1.66. The van der Waals surface area contributed by atoms with Gasteiger partial charge in [0.05, 0.1) is 0 Å². The summed E-state index contributed by atoms with van der Waals surface area (Å²) in [6.45, 7) is 2.23. The summed E-state index contributed by atoms with van der Waals surface area (Å²) in [7, 11) is 0.210. The number of rotatable bonds is 4. The highest BCUT2D eigenvalue weighted by atomic mass is 35.5. The Kier molecular flexibility index (Phi) is 6.52. The first-order valence-electron chi connectivity index (χ1n) is 3.05. The Hall–Kier alpha value is 0.797. The Morgan fingerprint density at radius 2 is 2.12 bits per heavy atom. The molecular weight excluding hydrogens is 159 g/mol. The average molecular weight is 171 g/mol. The van der Waals surface area contributed by atoms with Gasteiger partial charge in [-0.05, 0) is 6.42 Å². The molecule has 0 nitrogen and oxygen atoms in total. The first-order chi connectivity index (χ1) is 3.77. The van der Waals surface area contributed by atoms with E-state index in [-0.39, 0.29) is 14.4 Å². The molecule has 0 rings (SSSR count). The molecule has 0 fully saturated rings. The summed E-state index contributed by atoms with van der Waals surface area (Å²) in [6, 6.07) is 2.68. The molecule has 0 spiro atoms. The Balaban J connectivity index is 2.72. The summed E-state index contributed by atoms with van der Waals surface area (Å²) in [5, 5.41) is 0. The SMILES string of the molecule is CC[SiH2]CCC(Cl)Cl. The fraction of sp³-hybridized carbons (Fsp3) is 1.00. The van der Waals surface area contributed by atoms with E-state index in [1.807, 2.05) is 0 Å². The number of hydrogen-bond donors (Lipinski definition) is 0. The topological polar surface area (TPSA) is 0 Å². The van der Waals surface area contributed by atoms with Gasteiger partial charge >= 0.3 is 0 Å². The zero-order chi connectivity index (χ0) is 6.41. The van der Waals surface area contributed by atoms with Gasteiger partial charge in [-0.2, -0.15) is 0 Å². The molecule has 0 amide bonds. The summed E-state index contributed by atoms with van der Waals surface area (Å²) in [6.07, 6.45) is 1.00. The second-order valence-electron chi connectivity index (χ2n) is 1.89. The lowest BCUT2D eigenvalue weighted by atomic mass is 10.6. The van der Waals surface area contributed by atoms with Crippen molar-refractivity contribution in [3.05, 3.63) is 0 Å². The van der Waals surface area contributed by atoms with Crippen molar-refractivity contribution < 1.29 is 0 Å². The quantitative estimate of drug-likeness (QED) is 0.345. The third-order valence-electron chi connectivity index (χ3n) is 1.03. The van der Waals surface area contributed by atoms with Crippen molar-refractivity contribution in [1.82, 2.24) is 0 Å². The van der Waals surface area contributed by atoms with Gasteiger partial charge in [0.1, 0.15) is 4.84 Å². The second kappa shape index (κ2) is 5.93. The summed E-state index contributed by atoms with van der Waals surface area (Å²) >= 11 is 11.0. The Morgan fingerprint density at radius 1 is 1.50 bits per heavy atom. The van der Waals surface area contributed by atoms with Crippen LogP contribution in [0.25, 0.3) is 0 Å². The standard InChI is InChI=1S/C5H12Cl2Si/c1-2-8-4-3-5(6)7/h5H,2-4,8H2,1H3. The highest BCUT2D eigenvalue weighted by Gasteiger charge is 1.95. The molecular formula is C5H12Cl2Si. The predicted octanol–water partition coefficient (Wildman–Crippen LogP) is 2.21. The van der Waals surface area contributed by atoms with Crippen LogP contribution in [0.5, 0.6) is 0 Å². The fourth-order valence-electron chi connectivity index (χ4n) is 0.549. The van der Waals surface area contributed by atoms with Crippen molar-refractivity contribution in [2.45, 2.75) is 30.3 Å². The summed E-state index contributed by atoms with van der Waals surface area (Å²) in [5.41, 5.74) is 0. The van der Waals surface area contributed by atoms with Crippen LogP contribution in [0.15, 0.2) is 0 Å². The minimum absolute atomic E-state index is 0.117. The molecule has 8 heavy (non-hydrogen) atoms. The van der Waals surface area contributed by atoms with Crippen molar-refractivity contribution in [2.75, 3.05) is 0 Å². The van der Waals surface area contributed by atoms with E-state index in [4.69, 9.17) is 23.2 Å². The van der Waals surface area contributed by atoms with Crippen molar-refractivity contribution >= 4 is 32.7 Å². The van der Waals surface area contributed by atoms with E-state index in [2.05, 4.69) is 6.92 Å². The summed E-state index contributed by atoms with van der Waals surface area (Å²) in [4.78, 5) is -0.117. The van der Waals surface area contributed by atoms with Crippen LogP contribution in [0, 0.1) is 0 Å². The zero-order valence-corrected chi connectivity index (χ0v) is 8.09.